The summed E-state index contributed by atoms with van der Waals surface area (Å²) in [6.45, 7) is 5.32. The zero-order valence-electron chi connectivity index (χ0n) is 17.2. The molecule has 30 heavy (non-hydrogen) atoms. The highest BCUT2D eigenvalue weighted by Gasteiger charge is 2.26. The van der Waals surface area contributed by atoms with Gasteiger partial charge in [-0.1, -0.05) is 78.3 Å². The summed E-state index contributed by atoms with van der Waals surface area (Å²) in [5, 5.41) is 3.25. The van der Waals surface area contributed by atoms with Gasteiger partial charge >= 0.3 is 6.09 Å². The molecule has 4 nitrogen and oxygen atoms in total. The van der Waals surface area contributed by atoms with E-state index in [2.05, 4.69) is 5.32 Å². The van der Waals surface area contributed by atoms with Crippen LogP contribution in [0.25, 0.3) is 11.1 Å². The van der Waals surface area contributed by atoms with Crippen LogP contribution in [0.15, 0.2) is 78.9 Å². The van der Waals surface area contributed by atoms with Crippen molar-refractivity contribution in [3.05, 3.63) is 95.0 Å². The Morgan fingerprint density at radius 2 is 1.40 bits per heavy atom. The number of halogens is 1. The van der Waals surface area contributed by atoms with Crippen molar-refractivity contribution in [3.63, 3.8) is 0 Å². The number of rotatable bonds is 5. The molecule has 0 saturated heterocycles. The van der Waals surface area contributed by atoms with E-state index in [0.29, 0.717) is 16.1 Å². The Labute approximate surface area is 181 Å². The molecule has 3 rings (SSSR count). The predicted octanol–water partition coefficient (Wildman–Crippen LogP) is 6.46. The van der Waals surface area contributed by atoms with Gasteiger partial charge in [-0.15, -0.1) is 0 Å². The quantitative estimate of drug-likeness (QED) is 0.481. The molecular formula is C25H24ClNO3. The van der Waals surface area contributed by atoms with Crippen molar-refractivity contribution in [2.75, 3.05) is 0 Å². The largest absolute Gasteiger partial charge is 0.444 e. The molecule has 154 valence electrons. The maximum absolute atomic E-state index is 13.3. The van der Waals surface area contributed by atoms with Crippen LogP contribution in [0.1, 0.15) is 42.7 Å². The fourth-order valence-electron chi connectivity index (χ4n) is 3.01. The van der Waals surface area contributed by atoms with Gasteiger partial charge in [0.25, 0.3) is 0 Å². The monoisotopic (exact) mass is 421 g/mol. The number of Topliss-reactive ketones (excluding diaryl/α,β-unsaturated/α-hetero) is 1. The number of alkyl carbamates (subject to hydrolysis) is 1. The molecule has 0 fully saturated rings. The van der Waals surface area contributed by atoms with E-state index in [0.717, 1.165) is 11.1 Å². The summed E-state index contributed by atoms with van der Waals surface area (Å²) in [4.78, 5) is 25.6. The Morgan fingerprint density at radius 3 is 1.97 bits per heavy atom. The van der Waals surface area contributed by atoms with Gasteiger partial charge in [-0.05, 0) is 49.6 Å². The first-order valence-corrected chi connectivity index (χ1v) is 10.1. The Kier molecular flexibility index (Phi) is 6.58. The summed E-state index contributed by atoms with van der Waals surface area (Å²) in [6.07, 6.45) is -0.656. The molecule has 1 atom stereocenters. The summed E-state index contributed by atoms with van der Waals surface area (Å²) >= 11 is 5.98. The number of hydrogen-bond acceptors (Lipinski definition) is 3. The summed E-state index contributed by atoms with van der Waals surface area (Å²) in [5.41, 5.74) is 2.52. The molecule has 0 radical (unpaired) electrons. The summed E-state index contributed by atoms with van der Waals surface area (Å²) in [5.74, 6) is -0.234. The molecule has 0 aliphatic rings. The molecule has 0 bridgehead atoms. The molecule has 0 heterocycles. The van der Waals surface area contributed by atoms with E-state index in [4.69, 9.17) is 16.3 Å². The molecule has 0 saturated carbocycles. The van der Waals surface area contributed by atoms with Crippen LogP contribution in [0.4, 0.5) is 4.79 Å². The van der Waals surface area contributed by atoms with Gasteiger partial charge in [0.1, 0.15) is 11.6 Å². The minimum atomic E-state index is -0.889. The second-order valence-corrected chi connectivity index (χ2v) is 8.37. The number of hydrogen-bond donors (Lipinski definition) is 1. The van der Waals surface area contributed by atoms with E-state index in [1.807, 2.05) is 42.5 Å². The van der Waals surface area contributed by atoms with Gasteiger partial charge < -0.3 is 10.1 Å². The van der Waals surface area contributed by atoms with Gasteiger partial charge in [-0.25, -0.2) is 4.79 Å². The van der Waals surface area contributed by atoms with Crippen LogP contribution in [0.2, 0.25) is 5.02 Å². The van der Waals surface area contributed by atoms with Crippen molar-refractivity contribution in [3.8, 4) is 11.1 Å². The first kappa shape index (κ1) is 21.6. The summed E-state index contributed by atoms with van der Waals surface area (Å²) in [6, 6.07) is 23.2. The highest BCUT2D eigenvalue weighted by Crippen LogP contribution is 2.24. The Hall–Kier alpha value is -3.11. The molecule has 0 aliphatic carbocycles. The standard InChI is InChI=1S/C25H24ClNO3/c1-25(2,3)30-24(29)27-22(19-13-15-21(26)16-14-19)23(28)20-11-9-18(10-12-20)17-7-5-4-6-8-17/h4-16,22H,1-3H3,(H,27,29). The van der Waals surface area contributed by atoms with E-state index in [-0.39, 0.29) is 5.78 Å². The molecular weight excluding hydrogens is 398 g/mol. The molecule has 3 aromatic rings. The lowest BCUT2D eigenvalue weighted by Gasteiger charge is -2.23. The first-order chi connectivity index (χ1) is 14.2. The van der Waals surface area contributed by atoms with E-state index in [1.54, 1.807) is 57.2 Å². The number of ketones is 1. The zero-order valence-corrected chi connectivity index (χ0v) is 17.9. The van der Waals surface area contributed by atoms with Crippen LogP contribution >= 0.6 is 11.6 Å². The Balaban J connectivity index is 1.87. The van der Waals surface area contributed by atoms with E-state index < -0.39 is 17.7 Å². The van der Waals surface area contributed by atoms with Crippen LogP contribution in [0, 0.1) is 0 Å². The van der Waals surface area contributed by atoms with Crippen LogP contribution in [-0.4, -0.2) is 17.5 Å². The summed E-state index contributed by atoms with van der Waals surface area (Å²) in [7, 11) is 0. The minimum absolute atomic E-state index is 0.234. The molecule has 0 spiro atoms. The van der Waals surface area contributed by atoms with Crippen molar-refractivity contribution in [1.29, 1.82) is 0 Å². The number of ether oxygens (including phenoxy) is 1. The minimum Gasteiger partial charge on any atom is -0.444 e. The molecule has 1 amide bonds. The lowest BCUT2D eigenvalue weighted by Crippen LogP contribution is -2.38. The van der Waals surface area contributed by atoms with Crippen LogP contribution in [0.3, 0.4) is 0 Å². The predicted molar refractivity (Wildman–Crippen MR) is 120 cm³/mol. The van der Waals surface area contributed by atoms with E-state index in [9.17, 15) is 9.59 Å². The smallest absolute Gasteiger partial charge is 0.408 e. The van der Waals surface area contributed by atoms with Gasteiger partial charge in [0.2, 0.25) is 0 Å². The summed E-state index contributed by atoms with van der Waals surface area (Å²) < 4.78 is 5.35. The number of benzene rings is 3. The lowest BCUT2D eigenvalue weighted by molar-refractivity contribution is 0.0491. The van der Waals surface area contributed by atoms with Gasteiger partial charge in [-0.3, -0.25) is 4.79 Å². The third-order valence-electron chi connectivity index (χ3n) is 4.40. The second kappa shape index (κ2) is 9.14. The van der Waals surface area contributed by atoms with Crippen LogP contribution in [-0.2, 0) is 4.74 Å². The number of nitrogens with one attached hydrogen (secondary N) is 1. The fraction of sp³-hybridized carbons (Fsp3) is 0.200. The van der Waals surface area contributed by atoms with E-state index >= 15 is 0 Å². The first-order valence-electron chi connectivity index (χ1n) is 9.67. The van der Waals surface area contributed by atoms with Gasteiger partial charge in [0.05, 0.1) is 0 Å². The number of carbonyl (C=O) groups excluding carboxylic acids is 2. The highest BCUT2D eigenvalue weighted by molar-refractivity contribution is 6.30. The van der Waals surface area contributed by atoms with Crippen molar-refractivity contribution < 1.29 is 14.3 Å². The maximum atomic E-state index is 13.3. The van der Waals surface area contributed by atoms with Crippen LogP contribution < -0.4 is 5.32 Å². The second-order valence-electron chi connectivity index (χ2n) is 7.94. The highest BCUT2D eigenvalue weighted by atomic mass is 35.5. The van der Waals surface area contributed by atoms with Crippen molar-refractivity contribution in [1.82, 2.24) is 5.32 Å². The molecule has 0 aliphatic heterocycles. The zero-order chi connectivity index (χ0) is 21.7. The third kappa shape index (κ3) is 5.71. The molecule has 1 N–H and O–H groups in total. The average Bonchev–Trinajstić information content (AvgIpc) is 2.72. The Bertz CT molecular complexity index is 1010. The maximum Gasteiger partial charge on any atom is 0.408 e. The Morgan fingerprint density at radius 1 is 0.833 bits per heavy atom. The van der Waals surface area contributed by atoms with Crippen molar-refractivity contribution in [2.24, 2.45) is 0 Å². The fourth-order valence-corrected chi connectivity index (χ4v) is 3.13. The molecule has 5 heteroatoms. The SMILES string of the molecule is CC(C)(C)OC(=O)NC(C(=O)c1ccc(-c2ccccc2)cc1)c1ccc(Cl)cc1. The number of carbonyl (C=O) groups is 2. The van der Waals surface area contributed by atoms with Crippen molar-refractivity contribution in [2.45, 2.75) is 32.4 Å². The number of amides is 1. The third-order valence-corrected chi connectivity index (χ3v) is 4.66. The van der Waals surface area contributed by atoms with Gasteiger partial charge in [0.15, 0.2) is 5.78 Å². The van der Waals surface area contributed by atoms with Crippen molar-refractivity contribution >= 4 is 23.5 Å². The van der Waals surface area contributed by atoms with E-state index in [1.165, 1.54) is 0 Å². The topological polar surface area (TPSA) is 55.4 Å². The normalized spacial score (nSPS) is 12.1. The average molecular weight is 422 g/mol. The van der Waals surface area contributed by atoms with Gasteiger partial charge in [0, 0.05) is 10.6 Å². The molecule has 3 aromatic carbocycles. The molecule has 0 aromatic heterocycles. The lowest BCUT2D eigenvalue weighted by atomic mass is 9.95. The van der Waals surface area contributed by atoms with Crippen LogP contribution in [0.5, 0.6) is 0 Å². The molecule has 1 unspecified atom stereocenters. The van der Waals surface area contributed by atoms with Gasteiger partial charge in [-0.2, -0.15) is 0 Å².